The van der Waals surface area contributed by atoms with E-state index in [1.807, 2.05) is 6.08 Å². The topological polar surface area (TPSA) is 24.1 Å². The van der Waals surface area contributed by atoms with Gasteiger partial charge in [-0.15, -0.1) is 6.58 Å². The van der Waals surface area contributed by atoms with E-state index in [1.54, 1.807) is 11.3 Å². The maximum atomic E-state index is 3.65. The van der Waals surface area contributed by atoms with E-state index < -0.39 is 0 Å². The molecule has 0 radical (unpaired) electrons. The molecule has 0 aliphatic rings. The minimum atomic E-state index is 0.888. The van der Waals surface area contributed by atoms with E-state index >= 15 is 0 Å². The van der Waals surface area contributed by atoms with E-state index in [0.29, 0.717) is 0 Å². The Bertz CT molecular complexity index is 268. The Balaban J connectivity index is 2.04. The van der Waals surface area contributed by atoms with Crippen LogP contribution in [0.15, 0.2) is 23.4 Å². The van der Waals surface area contributed by atoms with Gasteiger partial charge in [0.05, 0.1) is 0 Å². The number of aryl methyl sites for hydroxylation is 1. The highest BCUT2D eigenvalue weighted by Gasteiger charge is 1.97. The van der Waals surface area contributed by atoms with Crippen LogP contribution in [-0.4, -0.2) is 19.6 Å². The summed E-state index contributed by atoms with van der Waals surface area (Å²) in [7, 11) is 0. The Morgan fingerprint density at radius 2 is 2.14 bits per heavy atom. The zero-order valence-electron chi connectivity index (χ0n) is 8.68. The van der Waals surface area contributed by atoms with E-state index in [9.17, 15) is 0 Å². The van der Waals surface area contributed by atoms with Crippen LogP contribution in [0.3, 0.4) is 0 Å². The maximum absolute atomic E-state index is 3.65. The second kappa shape index (κ2) is 6.76. The lowest BCUT2D eigenvalue weighted by Gasteiger charge is -2.04. The zero-order chi connectivity index (χ0) is 10.2. The van der Waals surface area contributed by atoms with Gasteiger partial charge in [-0.3, -0.25) is 0 Å². The lowest BCUT2D eigenvalue weighted by Crippen LogP contribution is -2.27. The van der Waals surface area contributed by atoms with E-state index in [-0.39, 0.29) is 0 Å². The molecule has 1 rings (SSSR count). The number of hydrogen-bond acceptors (Lipinski definition) is 3. The summed E-state index contributed by atoms with van der Waals surface area (Å²) in [5, 5.41) is 11.0. The Morgan fingerprint density at radius 3 is 2.79 bits per heavy atom. The van der Waals surface area contributed by atoms with Gasteiger partial charge in [-0.2, -0.15) is 11.3 Å². The van der Waals surface area contributed by atoms with E-state index in [2.05, 4.69) is 34.9 Å². The molecule has 0 aromatic carbocycles. The summed E-state index contributed by atoms with van der Waals surface area (Å²) < 4.78 is 0. The molecule has 1 aromatic rings. The fourth-order valence-corrected chi connectivity index (χ4v) is 2.03. The minimum Gasteiger partial charge on any atom is -0.312 e. The molecule has 0 saturated carbocycles. The minimum absolute atomic E-state index is 0.888. The van der Waals surface area contributed by atoms with Gasteiger partial charge in [-0.25, -0.2) is 0 Å². The lowest BCUT2D eigenvalue weighted by molar-refractivity contribution is 0.635. The van der Waals surface area contributed by atoms with Crippen LogP contribution >= 0.6 is 11.3 Å². The van der Waals surface area contributed by atoms with Crippen molar-refractivity contribution >= 4 is 11.3 Å². The molecule has 0 spiro atoms. The second-order valence-corrected chi connectivity index (χ2v) is 3.99. The molecule has 0 amide bonds. The molecule has 1 heterocycles. The normalized spacial score (nSPS) is 10.4. The smallest absolute Gasteiger partial charge is 0.0216 e. The summed E-state index contributed by atoms with van der Waals surface area (Å²) in [6.07, 6.45) is 1.88. The molecule has 2 nitrogen and oxygen atoms in total. The Kier molecular flexibility index (Phi) is 5.52. The van der Waals surface area contributed by atoms with Crippen LogP contribution < -0.4 is 10.6 Å². The van der Waals surface area contributed by atoms with Crippen molar-refractivity contribution in [3.63, 3.8) is 0 Å². The lowest BCUT2D eigenvalue weighted by atomic mass is 10.2. The summed E-state index contributed by atoms with van der Waals surface area (Å²) in [6.45, 7) is 9.67. The van der Waals surface area contributed by atoms with Gasteiger partial charge >= 0.3 is 0 Å². The van der Waals surface area contributed by atoms with E-state index in [1.165, 1.54) is 11.1 Å². The molecular formula is C11H18N2S. The zero-order valence-corrected chi connectivity index (χ0v) is 9.49. The highest BCUT2D eigenvalue weighted by atomic mass is 32.1. The van der Waals surface area contributed by atoms with E-state index in [0.717, 1.165) is 26.2 Å². The number of rotatable bonds is 7. The van der Waals surface area contributed by atoms with Crippen molar-refractivity contribution in [3.05, 3.63) is 34.5 Å². The van der Waals surface area contributed by atoms with Crippen LogP contribution in [0.2, 0.25) is 0 Å². The summed E-state index contributed by atoms with van der Waals surface area (Å²) in [6, 6.07) is 0. The van der Waals surface area contributed by atoms with Gasteiger partial charge in [0, 0.05) is 26.2 Å². The molecule has 14 heavy (non-hydrogen) atoms. The average Bonchev–Trinajstić information content (AvgIpc) is 2.58. The Hall–Kier alpha value is -0.640. The molecule has 0 bridgehead atoms. The summed E-state index contributed by atoms with van der Waals surface area (Å²) in [5.74, 6) is 0. The third-order valence-corrected chi connectivity index (χ3v) is 2.95. The average molecular weight is 210 g/mol. The van der Waals surface area contributed by atoms with Gasteiger partial charge in [0.15, 0.2) is 0 Å². The SMILES string of the molecule is C=CCNCCNCc1cscc1C. The summed E-state index contributed by atoms with van der Waals surface area (Å²) >= 11 is 1.77. The first-order chi connectivity index (χ1) is 6.84. The highest BCUT2D eigenvalue weighted by molar-refractivity contribution is 7.08. The molecule has 3 heteroatoms. The van der Waals surface area contributed by atoms with Crippen LogP contribution in [0.5, 0.6) is 0 Å². The van der Waals surface area contributed by atoms with Crippen molar-refractivity contribution < 1.29 is 0 Å². The third-order valence-electron chi connectivity index (χ3n) is 2.04. The van der Waals surface area contributed by atoms with Gasteiger partial charge < -0.3 is 10.6 Å². The van der Waals surface area contributed by atoms with Crippen molar-refractivity contribution in [1.82, 2.24) is 10.6 Å². The van der Waals surface area contributed by atoms with Crippen LogP contribution in [0.4, 0.5) is 0 Å². The van der Waals surface area contributed by atoms with Crippen molar-refractivity contribution in [2.24, 2.45) is 0 Å². The first-order valence-corrected chi connectivity index (χ1v) is 5.83. The number of nitrogens with one attached hydrogen (secondary N) is 2. The maximum Gasteiger partial charge on any atom is 0.0216 e. The van der Waals surface area contributed by atoms with Gasteiger partial charge in [-0.1, -0.05) is 6.08 Å². The van der Waals surface area contributed by atoms with Crippen molar-refractivity contribution in [2.75, 3.05) is 19.6 Å². The van der Waals surface area contributed by atoms with Crippen molar-refractivity contribution in [1.29, 1.82) is 0 Å². The molecule has 78 valence electrons. The predicted molar refractivity (Wildman–Crippen MR) is 63.8 cm³/mol. The molecular weight excluding hydrogens is 192 g/mol. The molecule has 0 aliphatic carbocycles. The van der Waals surface area contributed by atoms with Crippen molar-refractivity contribution in [3.8, 4) is 0 Å². The predicted octanol–water partition coefficient (Wildman–Crippen LogP) is 1.92. The standard InChI is InChI=1S/C11H18N2S/c1-3-4-12-5-6-13-7-11-9-14-8-10(11)2/h3,8-9,12-13H,1,4-7H2,2H3. The molecule has 1 aromatic heterocycles. The second-order valence-electron chi connectivity index (χ2n) is 3.25. The van der Waals surface area contributed by atoms with Crippen LogP contribution in [0.1, 0.15) is 11.1 Å². The molecule has 2 N–H and O–H groups in total. The molecule has 0 aliphatic heterocycles. The summed E-state index contributed by atoms with van der Waals surface area (Å²) in [4.78, 5) is 0. The van der Waals surface area contributed by atoms with Gasteiger partial charge in [-0.05, 0) is 28.8 Å². The fourth-order valence-electron chi connectivity index (χ4n) is 1.17. The number of thiophene rings is 1. The van der Waals surface area contributed by atoms with Gasteiger partial charge in [0.25, 0.3) is 0 Å². The molecule has 0 atom stereocenters. The monoisotopic (exact) mass is 210 g/mol. The largest absolute Gasteiger partial charge is 0.312 e. The van der Waals surface area contributed by atoms with Crippen LogP contribution in [0.25, 0.3) is 0 Å². The van der Waals surface area contributed by atoms with Gasteiger partial charge in [0.1, 0.15) is 0 Å². The van der Waals surface area contributed by atoms with Gasteiger partial charge in [0.2, 0.25) is 0 Å². The summed E-state index contributed by atoms with van der Waals surface area (Å²) in [5.41, 5.74) is 2.81. The third kappa shape index (κ3) is 4.05. The Labute approximate surface area is 90.0 Å². The molecule has 0 unspecified atom stereocenters. The quantitative estimate of drug-likeness (QED) is 0.531. The first kappa shape index (κ1) is 11.4. The van der Waals surface area contributed by atoms with Crippen LogP contribution in [-0.2, 0) is 6.54 Å². The van der Waals surface area contributed by atoms with E-state index in [4.69, 9.17) is 0 Å². The van der Waals surface area contributed by atoms with Crippen molar-refractivity contribution in [2.45, 2.75) is 13.5 Å². The molecule has 0 saturated heterocycles. The first-order valence-electron chi connectivity index (χ1n) is 4.88. The number of hydrogen-bond donors (Lipinski definition) is 2. The fraction of sp³-hybridized carbons (Fsp3) is 0.455. The van der Waals surface area contributed by atoms with Crippen LogP contribution in [0, 0.1) is 6.92 Å². The molecule has 0 fully saturated rings. The highest BCUT2D eigenvalue weighted by Crippen LogP contribution is 2.12. The Morgan fingerprint density at radius 1 is 1.36 bits per heavy atom.